The summed E-state index contributed by atoms with van der Waals surface area (Å²) in [4.78, 5) is 0. The highest BCUT2D eigenvalue weighted by molar-refractivity contribution is 5.69. The second-order valence-corrected chi connectivity index (χ2v) is 4.89. The number of anilines is 2. The van der Waals surface area contributed by atoms with Gasteiger partial charge in [0.2, 0.25) is 0 Å². The molecule has 0 bridgehead atoms. The van der Waals surface area contributed by atoms with Crippen molar-refractivity contribution < 1.29 is 0 Å². The number of benzene rings is 2. The summed E-state index contributed by atoms with van der Waals surface area (Å²) < 4.78 is 0. The second kappa shape index (κ2) is 6.28. The summed E-state index contributed by atoms with van der Waals surface area (Å²) in [7, 11) is 0. The number of nitrogen functional groups attached to an aromatic ring is 1. The Morgan fingerprint density at radius 1 is 1.00 bits per heavy atom. The molecule has 0 radical (unpaired) electrons. The third kappa shape index (κ3) is 3.50. The Bertz CT molecular complexity index is 509. The second-order valence-electron chi connectivity index (χ2n) is 4.89. The van der Waals surface area contributed by atoms with Crippen LogP contribution in [0.2, 0.25) is 0 Å². The smallest absolute Gasteiger partial charge is 0.0603 e. The average Bonchev–Trinajstić information content (AvgIpc) is 2.43. The van der Waals surface area contributed by atoms with Crippen molar-refractivity contribution in [3.63, 3.8) is 0 Å². The summed E-state index contributed by atoms with van der Waals surface area (Å²) in [5.41, 5.74) is 11.8. The highest BCUT2D eigenvalue weighted by Gasteiger charge is 2.01. The van der Waals surface area contributed by atoms with Gasteiger partial charge in [0.15, 0.2) is 0 Å². The Hall–Kier alpha value is -1.96. The molecule has 0 saturated heterocycles. The molecule has 19 heavy (non-hydrogen) atoms. The van der Waals surface area contributed by atoms with Gasteiger partial charge >= 0.3 is 0 Å². The lowest BCUT2D eigenvalue weighted by Gasteiger charge is -2.12. The minimum atomic E-state index is 0.821. The quantitative estimate of drug-likeness (QED) is 0.797. The summed E-state index contributed by atoms with van der Waals surface area (Å²) in [6.07, 6.45) is 2.11. The molecule has 2 nitrogen and oxygen atoms in total. The number of aryl methyl sites for hydroxylation is 2. The van der Waals surface area contributed by atoms with Crippen LogP contribution in [0.5, 0.6) is 0 Å². The van der Waals surface area contributed by atoms with Gasteiger partial charge in [-0.2, -0.15) is 0 Å². The van der Waals surface area contributed by atoms with E-state index in [4.69, 9.17) is 5.73 Å². The van der Waals surface area contributed by atoms with Crippen LogP contribution in [0.15, 0.2) is 42.5 Å². The molecule has 2 rings (SSSR count). The van der Waals surface area contributed by atoms with E-state index in [0.717, 1.165) is 30.8 Å². The van der Waals surface area contributed by atoms with Crippen LogP contribution in [0.4, 0.5) is 11.4 Å². The maximum Gasteiger partial charge on any atom is 0.0603 e. The van der Waals surface area contributed by atoms with Crippen molar-refractivity contribution in [2.75, 3.05) is 17.6 Å². The fourth-order valence-corrected chi connectivity index (χ4v) is 2.21. The van der Waals surface area contributed by atoms with Crippen LogP contribution in [0.25, 0.3) is 0 Å². The molecular formula is C17H22N2. The lowest BCUT2D eigenvalue weighted by atomic mass is 10.1. The predicted molar refractivity (Wildman–Crippen MR) is 83.6 cm³/mol. The first-order chi connectivity index (χ1) is 9.20. The van der Waals surface area contributed by atoms with Gasteiger partial charge in [-0.25, -0.2) is 0 Å². The van der Waals surface area contributed by atoms with Crippen molar-refractivity contribution in [2.45, 2.75) is 26.7 Å². The lowest BCUT2D eigenvalue weighted by Crippen LogP contribution is -2.08. The normalized spacial score (nSPS) is 10.4. The highest BCUT2D eigenvalue weighted by atomic mass is 14.9. The molecule has 100 valence electrons. The summed E-state index contributed by atoms with van der Waals surface area (Å²) >= 11 is 0. The van der Waals surface area contributed by atoms with Crippen molar-refractivity contribution >= 4 is 11.4 Å². The zero-order valence-corrected chi connectivity index (χ0v) is 11.7. The summed E-state index contributed by atoms with van der Waals surface area (Å²) in [5.74, 6) is 0. The van der Waals surface area contributed by atoms with Gasteiger partial charge in [0, 0.05) is 6.54 Å². The monoisotopic (exact) mass is 254 g/mol. The van der Waals surface area contributed by atoms with Crippen molar-refractivity contribution in [3.8, 4) is 0 Å². The maximum atomic E-state index is 5.98. The van der Waals surface area contributed by atoms with E-state index in [1.165, 1.54) is 16.7 Å². The van der Waals surface area contributed by atoms with Gasteiger partial charge < -0.3 is 11.1 Å². The summed E-state index contributed by atoms with van der Waals surface area (Å²) in [6.45, 7) is 5.16. The van der Waals surface area contributed by atoms with Crippen molar-refractivity contribution in [2.24, 2.45) is 0 Å². The first kappa shape index (κ1) is 13.5. The largest absolute Gasteiger partial charge is 0.397 e. The fraction of sp³-hybridized carbons (Fsp3) is 0.294. The van der Waals surface area contributed by atoms with Crippen molar-refractivity contribution in [1.82, 2.24) is 0 Å². The summed E-state index contributed by atoms with van der Waals surface area (Å²) in [5, 5.41) is 3.43. The number of hydrogen-bond donors (Lipinski definition) is 2. The molecule has 2 aromatic carbocycles. The Balaban J connectivity index is 1.92. The maximum absolute atomic E-state index is 5.98. The molecule has 0 aliphatic carbocycles. The number of para-hydroxylation sites is 1. The molecule has 0 aliphatic heterocycles. The molecule has 0 aromatic heterocycles. The van der Waals surface area contributed by atoms with Gasteiger partial charge in [-0.15, -0.1) is 0 Å². The zero-order valence-electron chi connectivity index (χ0n) is 11.7. The molecule has 0 aliphatic rings. The van der Waals surface area contributed by atoms with Crippen LogP contribution in [0.3, 0.4) is 0 Å². The topological polar surface area (TPSA) is 38.0 Å². The van der Waals surface area contributed by atoms with E-state index < -0.39 is 0 Å². The first-order valence-electron chi connectivity index (χ1n) is 6.87. The van der Waals surface area contributed by atoms with Gasteiger partial charge in [-0.3, -0.25) is 0 Å². The summed E-state index contributed by atoms with van der Waals surface area (Å²) in [6, 6.07) is 14.8. The molecule has 2 aromatic rings. The highest BCUT2D eigenvalue weighted by Crippen LogP contribution is 2.22. The standard InChI is InChI=1S/C17H22N2/c1-3-14-7-9-15(10-8-14)11-12-19-17-13(2)5-4-6-16(17)18/h4-10,19H,3,11-12,18H2,1-2H3. The van der Waals surface area contributed by atoms with E-state index in [9.17, 15) is 0 Å². The minimum absolute atomic E-state index is 0.821. The van der Waals surface area contributed by atoms with Gasteiger partial charge in [0.1, 0.15) is 0 Å². The number of hydrogen-bond acceptors (Lipinski definition) is 2. The van der Waals surface area contributed by atoms with Gasteiger partial charge in [0.25, 0.3) is 0 Å². The molecule has 0 spiro atoms. The third-order valence-corrected chi connectivity index (χ3v) is 3.45. The SMILES string of the molecule is CCc1ccc(CCNc2c(C)cccc2N)cc1. The molecule has 0 saturated carbocycles. The van der Waals surface area contributed by atoms with E-state index in [1.54, 1.807) is 0 Å². The van der Waals surface area contributed by atoms with E-state index in [2.05, 4.69) is 49.5 Å². The molecule has 0 amide bonds. The van der Waals surface area contributed by atoms with Crippen LogP contribution in [-0.4, -0.2) is 6.54 Å². The molecule has 0 heterocycles. The Morgan fingerprint density at radius 3 is 2.32 bits per heavy atom. The van der Waals surface area contributed by atoms with Crippen molar-refractivity contribution in [3.05, 3.63) is 59.2 Å². The zero-order chi connectivity index (χ0) is 13.7. The van der Waals surface area contributed by atoms with Gasteiger partial charge in [0.05, 0.1) is 11.4 Å². The predicted octanol–water partition coefficient (Wildman–Crippen LogP) is 3.79. The first-order valence-corrected chi connectivity index (χ1v) is 6.87. The van der Waals surface area contributed by atoms with Gasteiger partial charge in [-0.05, 0) is 42.5 Å². The van der Waals surface area contributed by atoms with E-state index in [0.29, 0.717) is 0 Å². The van der Waals surface area contributed by atoms with Crippen LogP contribution >= 0.6 is 0 Å². The Labute approximate surface area is 115 Å². The minimum Gasteiger partial charge on any atom is -0.397 e. The molecular weight excluding hydrogens is 232 g/mol. The number of nitrogens with one attached hydrogen (secondary N) is 1. The van der Waals surface area contributed by atoms with E-state index in [-0.39, 0.29) is 0 Å². The molecule has 0 unspecified atom stereocenters. The van der Waals surface area contributed by atoms with Crippen molar-refractivity contribution in [1.29, 1.82) is 0 Å². The van der Waals surface area contributed by atoms with Crippen LogP contribution in [-0.2, 0) is 12.8 Å². The fourth-order valence-electron chi connectivity index (χ4n) is 2.21. The van der Waals surface area contributed by atoms with Crippen LogP contribution in [0.1, 0.15) is 23.6 Å². The number of rotatable bonds is 5. The molecule has 0 fully saturated rings. The molecule has 3 N–H and O–H groups in total. The third-order valence-electron chi connectivity index (χ3n) is 3.45. The molecule has 2 heteroatoms. The average molecular weight is 254 g/mol. The molecule has 0 atom stereocenters. The number of nitrogens with two attached hydrogens (primary N) is 1. The van der Waals surface area contributed by atoms with E-state index >= 15 is 0 Å². The van der Waals surface area contributed by atoms with Crippen LogP contribution in [0, 0.1) is 6.92 Å². The lowest BCUT2D eigenvalue weighted by molar-refractivity contribution is 1.01. The Morgan fingerprint density at radius 2 is 1.68 bits per heavy atom. The van der Waals surface area contributed by atoms with Gasteiger partial charge in [-0.1, -0.05) is 43.3 Å². The Kier molecular flexibility index (Phi) is 4.45. The van der Waals surface area contributed by atoms with Crippen LogP contribution < -0.4 is 11.1 Å². The van der Waals surface area contributed by atoms with E-state index in [1.807, 2.05) is 12.1 Å².